The van der Waals surface area contributed by atoms with Crippen molar-refractivity contribution in [1.29, 1.82) is 0 Å². The second kappa shape index (κ2) is 5.66. The molecular weight excluding hydrogens is 266 g/mol. The molecule has 0 bridgehead atoms. The van der Waals surface area contributed by atoms with Crippen LogP contribution in [0.25, 0.3) is 17.3 Å². The fraction of sp³-hybridized carbons (Fsp3) is 0.214. The second-order valence-corrected chi connectivity index (χ2v) is 4.45. The van der Waals surface area contributed by atoms with Crippen LogP contribution in [0.1, 0.15) is 12.5 Å². The third kappa shape index (κ3) is 2.71. The lowest BCUT2D eigenvalue weighted by Gasteiger charge is -2.09. The quantitative estimate of drug-likeness (QED) is 0.786. The van der Waals surface area contributed by atoms with E-state index in [0.29, 0.717) is 17.7 Å². The molecule has 0 aliphatic carbocycles. The van der Waals surface area contributed by atoms with Crippen molar-refractivity contribution in [2.45, 2.75) is 13.8 Å². The van der Waals surface area contributed by atoms with Crippen LogP contribution >= 0.6 is 0 Å². The van der Waals surface area contributed by atoms with E-state index in [1.807, 2.05) is 26.0 Å². The monoisotopic (exact) mass is 281 g/mol. The molecule has 3 rings (SSSR count). The first kappa shape index (κ1) is 13.2. The van der Waals surface area contributed by atoms with Crippen LogP contribution in [0.15, 0.2) is 36.9 Å². The van der Waals surface area contributed by atoms with E-state index in [1.165, 1.54) is 0 Å². The molecule has 21 heavy (non-hydrogen) atoms. The van der Waals surface area contributed by atoms with Gasteiger partial charge in [-0.05, 0) is 31.5 Å². The largest absolute Gasteiger partial charge is 0.354 e. The van der Waals surface area contributed by atoms with Gasteiger partial charge < -0.3 is 5.32 Å². The highest BCUT2D eigenvalue weighted by Gasteiger charge is 2.11. The molecule has 0 amide bonds. The van der Waals surface area contributed by atoms with Gasteiger partial charge in [-0.2, -0.15) is 20.1 Å². The smallest absolute Gasteiger partial charge is 0.255 e. The number of anilines is 1. The maximum Gasteiger partial charge on any atom is 0.255 e. The molecule has 0 radical (unpaired) electrons. The lowest BCUT2D eigenvalue weighted by molar-refractivity contribution is 0.798. The maximum absolute atomic E-state index is 4.49. The third-order valence-corrected chi connectivity index (χ3v) is 2.95. The van der Waals surface area contributed by atoms with Crippen molar-refractivity contribution in [3.05, 3.63) is 42.5 Å². The molecule has 0 spiro atoms. The number of rotatable bonds is 4. The number of hydrogen-bond donors (Lipinski definition) is 1. The van der Waals surface area contributed by atoms with Crippen molar-refractivity contribution in [1.82, 2.24) is 29.7 Å². The molecular formula is C14H15N7. The number of hydrogen-bond acceptors (Lipinski definition) is 6. The minimum atomic E-state index is 0.476. The Kier molecular flexibility index (Phi) is 3.55. The van der Waals surface area contributed by atoms with Gasteiger partial charge in [-0.3, -0.25) is 4.98 Å². The van der Waals surface area contributed by atoms with Gasteiger partial charge in [-0.15, -0.1) is 0 Å². The van der Waals surface area contributed by atoms with Gasteiger partial charge in [0, 0.05) is 36.9 Å². The summed E-state index contributed by atoms with van der Waals surface area (Å²) in [5.41, 5.74) is 1.94. The Morgan fingerprint density at radius 3 is 2.81 bits per heavy atom. The van der Waals surface area contributed by atoms with Gasteiger partial charge in [0.25, 0.3) is 5.95 Å². The molecule has 3 heterocycles. The molecule has 0 saturated heterocycles. The average molecular weight is 281 g/mol. The van der Waals surface area contributed by atoms with E-state index in [0.717, 1.165) is 17.7 Å². The van der Waals surface area contributed by atoms with E-state index < -0.39 is 0 Å². The van der Waals surface area contributed by atoms with Crippen molar-refractivity contribution < 1.29 is 0 Å². The van der Waals surface area contributed by atoms with Gasteiger partial charge in [0.1, 0.15) is 0 Å². The summed E-state index contributed by atoms with van der Waals surface area (Å²) in [5.74, 6) is 1.58. The van der Waals surface area contributed by atoms with E-state index in [-0.39, 0.29) is 0 Å². The second-order valence-electron chi connectivity index (χ2n) is 4.45. The Morgan fingerprint density at radius 2 is 2.10 bits per heavy atom. The van der Waals surface area contributed by atoms with Crippen molar-refractivity contribution >= 4 is 5.95 Å². The summed E-state index contributed by atoms with van der Waals surface area (Å²) in [7, 11) is 0. The summed E-state index contributed by atoms with van der Waals surface area (Å²) in [5, 5.41) is 7.28. The lowest BCUT2D eigenvalue weighted by atomic mass is 10.1. The molecule has 1 N–H and O–H groups in total. The topological polar surface area (TPSA) is 81.4 Å². The molecule has 0 aromatic carbocycles. The number of pyridine rings is 1. The van der Waals surface area contributed by atoms with Gasteiger partial charge in [-0.25, -0.2) is 4.68 Å². The van der Waals surface area contributed by atoms with Gasteiger partial charge in [-0.1, -0.05) is 0 Å². The Labute approximate surface area is 122 Å². The summed E-state index contributed by atoms with van der Waals surface area (Å²) in [6.45, 7) is 4.72. The van der Waals surface area contributed by atoms with E-state index in [9.17, 15) is 0 Å². The van der Waals surface area contributed by atoms with Crippen molar-refractivity contribution in [3.63, 3.8) is 0 Å². The standard InChI is InChI=1S/C14H15N7/c1-3-16-13-18-12(11-9-15-7-5-10(11)2)19-14(20-13)21-8-4-6-17-21/h4-9H,3H2,1-2H3,(H,16,18,19,20). The molecule has 106 valence electrons. The first-order valence-electron chi connectivity index (χ1n) is 6.69. The fourth-order valence-corrected chi connectivity index (χ4v) is 1.91. The van der Waals surface area contributed by atoms with Crippen LogP contribution in [-0.2, 0) is 0 Å². The molecule has 7 heteroatoms. The Balaban J connectivity index is 2.14. The average Bonchev–Trinajstić information content (AvgIpc) is 3.02. The molecule has 0 saturated carbocycles. The van der Waals surface area contributed by atoms with Crippen LogP contribution in [0.5, 0.6) is 0 Å². The molecule has 3 aromatic heterocycles. The van der Waals surface area contributed by atoms with Crippen LogP contribution in [0.3, 0.4) is 0 Å². The Morgan fingerprint density at radius 1 is 1.19 bits per heavy atom. The Bertz CT molecular complexity index is 737. The van der Waals surface area contributed by atoms with Crippen LogP contribution < -0.4 is 5.32 Å². The highest BCUT2D eigenvalue weighted by Crippen LogP contribution is 2.20. The van der Waals surface area contributed by atoms with Crippen molar-refractivity contribution in [2.24, 2.45) is 0 Å². The molecule has 0 aliphatic heterocycles. The predicted molar refractivity (Wildman–Crippen MR) is 79.1 cm³/mol. The molecule has 0 atom stereocenters. The number of nitrogens with zero attached hydrogens (tertiary/aromatic N) is 6. The molecule has 3 aromatic rings. The van der Waals surface area contributed by atoms with E-state index in [4.69, 9.17) is 0 Å². The normalized spacial score (nSPS) is 10.6. The van der Waals surface area contributed by atoms with Crippen molar-refractivity contribution in [3.8, 4) is 17.3 Å². The molecule has 0 unspecified atom stereocenters. The van der Waals surface area contributed by atoms with Crippen LogP contribution in [-0.4, -0.2) is 36.3 Å². The van der Waals surface area contributed by atoms with Gasteiger partial charge in [0.05, 0.1) is 0 Å². The maximum atomic E-state index is 4.49. The summed E-state index contributed by atoms with van der Waals surface area (Å²) < 4.78 is 1.61. The van der Waals surface area contributed by atoms with Gasteiger partial charge in [0.15, 0.2) is 5.82 Å². The zero-order valence-corrected chi connectivity index (χ0v) is 11.9. The number of aryl methyl sites for hydroxylation is 1. The Hall–Kier alpha value is -2.83. The van der Waals surface area contributed by atoms with E-state index in [2.05, 4.69) is 30.4 Å². The number of nitrogens with one attached hydrogen (secondary N) is 1. The van der Waals surface area contributed by atoms with E-state index >= 15 is 0 Å². The summed E-state index contributed by atoms with van der Waals surface area (Å²) in [6.07, 6.45) is 6.99. The summed E-state index contributed by atoms with van der Waals surface area (Å²) in [6, 6.07) is 3.76. The third-order valence-electron chi connectivity index (χ3n) is 2.95. The number of aromatic nitrogens is 6. The fourth-order valence-electron chi connectivity index (χ4n) is 1.91. The zero-order chi connectivity index (χ0) is 14.7. The highest BCUT2D eigenvalue weighted by molar-refractivity contribution is 5.59. The zero-order valence-electron chi connectivity index (χ0n) is 11.9. The minimum Gasteiger partial charge on any atom is -0.354 e. The van der Waals surface area contributed by atoms with Crippen molar-refractivity contribution in [2.75, 3.05) is 11.9 Å². The lowest BCUT2D eigenvalue weighted by Crippen LogP contribution is -2.10. The molecule has 0 aliphatic rings. The van der Waals surface area contributed by atoms with Gasteiger partial charge in [0.2, 0.25) is 5.95 Å². The van der Waals surface area contributed by atoms with Crippen LogP contribution in [0.2, 0.25) is 0 Å². The first-order chi connectivity index (χ1) is 10.3. The predicted octanol–water partition coefficient (Wildman–Crippen LogP) is 1.86. The van der Waals surface area contributed by atoms with E-state index in [1.54, 1.807) is 29.5 Å². The molecule has 0 fully saturated rings. The first-order valence-corrected chi connectivity index (χ1v) is 6.69. The summed E-state index contributed by atoms with van der Waals surface area (Å²) >= 11 is 0. The van der Waals surface area contributed by atoms with Crippen LogP contribution in [0, 0.1) is 6.92 Å². The molecule has 7 nitrogen and oxygen atoms in total. The minimum absolute atomic E-state index is 0.476. The summed E-state index contributed by atoms with van der Waals surface area (Å²) in [4.78, 5) is 17.5. The van der Waals surface area contributed by atoms with Crippen LogP contribution in [0.4, 0.5) is 5.95 Å². The highest BCUT2D eigenvalue weighted by atomic mass is 15.4. The van der Waals surface area contributed by atoms with Gasteiger partial charge >= 0.3 is 0 Å². The SMILES string of the molecule is CCNc1nc(-c2cnccc2C)nc(-n2cccn2)n1.